The van der Waals surface area contributed by atoms with E-state index < -0.39 is 6.09 Å². The summed E-state index contributed by atoms with van der Waals surface area (Å²) in [7, 11) is 0. The first-order valence-electron chi connectivity index (χ1n) is 7.65. The molecule has 0 spiro atoms. The number of nitrogens with zero attached hydrogens (tertiary/aromatic N) is 2. The van der Waals surface area contributed by atoms with Crippen molar-refractivity contribution in [3.8, 4) is 0 Å². The van der Waals surface area contributed by atoms with Gasteiger partial charge in [0.1, 0.15) is 0 Å². The van der Waals surface area contributed by atoms with Gasteiger partial charge in [0.25, 0.3) is 0 Å². The Morgan fingerprint density at radius 2 is 1.80 bits per heavy atom. The van der Waals surface area contributed by atoms with Crippen LogP contribution in [0.4, 0.5) is 9.18 Å². The molecule has 0 aromatic heterocycles. The van der Waals surface area contributed by atoms with Crippen molar-refractivity contribution in [2.24, 2.45) is 5.92 Å². The van der Waals surface area contributed by atoms with E-state index in [1.54, 1.807) is 4.90 Å². The quantitative estimate of drug-likeness (QED) is 0.867. The summed E-state index contributed by atoms with van der Waals surface area (Å²) in [6.07, 6.45) is 3.09. The molecule has 1 amide bonds. The number of carboxylic acid groups (broad SMARTS) is 1. The van der Waals surface area contributed by atoms with Crippen molar-refractivity contribution >= 4 is 6.09 Å². The SMILES string of the molecule is CC(C)(C)N(C(=O)O)C1CCC(N2CC(CF)C2)CC1. The van der Waals surface area contributed by atoms with Crippen LogP contribution in [0.25, 0.3) is 0 Å². The molecule has 0 unspecified atom stereocenters. The second-order valence-corrected chi connectivity index (χ2v) is 7.26. The molecule has 20 heavy (non-hydrogen) atoms. The van der Waals surface area contributed by atoms with E-state index in [0.717, 1.165) is 38.8 Å². The molecule has 0 atom stereocenters. The van der Waals surface area contributed by atoms with Crippen molar-refractivity contribution in [2.75, 3.05) is 19.8 Å². The van der Waals surface area contributed by atoms with Gasteiger partial charge in [-0.3, -0.25) is 9.29 Å². The number of hydrogen-bond donors (Lipinski definition) is 1. The number of alkyl halides is 1. The van der Waals surface area contributed by atoms with Gasteiger partial charge in [-0.1, -0.05) is 0 Å². The minimum Gasteiger partial charge on any atom is -0.465 e. The molecule has 2 fully saturated rings. The molecule has 2 rings (SSSR count). The standard InChI is InChI=1S/C15H27FN2O2/c1-15(2,3)18(14(19)20)13-6-4-12(5-7-13)17-9-11(8-16)10-17/h11-13H,4-10H2,1-3H3,(H,19,20). The van der Waals surface area contributed by atoms with Gasteiger partial charge in [0.05, 0.1) is 6.67 Å². The molecule has 116 valence electrons. The Balaban J connectivity index is 1.86. The molecule has 1 heterocycles. The number of likely N-dealkylation sites (tertiary alicyclic amines) is 1. The number of carbonyl (C=O) groups is 1. The summed E-state index contributed by atoms with van der Waals surface area (Å²) in [5, 5.41) is 9.43. The summed E-state index contributed by atoms with van der Waals surface area (Å²) in [4.78, 5) is 15.5. The highest BCUT2D eigenvalue weighted by molar-refractivity contribution is 5.66. The number of rotatable bonds is 3. The fraction of sp³-hybridized carbons (Fsp3) is 0.933. The Labute approximate surface area is 120 Å². The highest BCUT2D eigenvalue weighted by Gasteiger charge is 2.39. The lowest BCUT2D eigenvalue weighted by atomic mass is 9.85. The largest absolute Gasteiger partial charge is 0.465 e. The van der Waals surface area contributed by atoms with Crippen LogP contribution in [-0.2, 0) is 0 Å². The molecular weight excluding hydrogens is 259 g/mol. The van der Waals surface area contributed by atoms with Crippen molar-refractivity contribution in [1.29, 1.82) is 0 Å². The molecule has 1 N–H and O–H groups in total. The van der Waals surface area contributed by atoms with Gasteiger partial charge < -0.3 is 10.0 Å². The number of amides is 1. The van der Waals surface area contributed by atoms with Crippen molar-refractivity contribution in [1.82, 2.24) is 9.80 Å². The smallest absolute Gasteiger partial charge is 0.407 e. The predicted molar refractivity (Wildman–Crippen MR) is 76.7 cm³/mol. The van der Waals surface area contributed by atoms with Crippen LogP contribution < -0.4 is 0 Å². The first kappa shape index (κ1) is 15.5. The van der Waals surface area contributed by atoms with E-state index in [2.05, 4.69) is 4.90 Å². The molecule has 1 aliphatic carbocycles. The van der Waals surface area contributed by atoms with Gasteiger partial charge in [-0.25, -0.2) is 4.79 Å². The maximum Gasteiger partial charge on any atom is 0.407 e. The van der Waals surface area contributed by atoms with E-state index >= 15 is 0 Å². The number of hydrogen-bond acceptors (Lipinski definition) is 2. The van der Waals surface area contributed by atoms with Gasteiger partial charge in [-0.15, -0.1) is 0 Å². The monoisotopic (exact) mass is 286 g/mol. The molecule has 5 heteroatoms. The maximum absolute atomic E-state index is 12.5. The van der Waals surface area contributed by atoms with Crippen molar-refractivity contribution < 1.29 is 14.3 Å². The van der Waals surface area contributed by atoms with Gasteiger partial charge in [-0.2, -0.15) is 0 Å². The summed E-state index contributed by atoms with van der Waals surface area (Å²) >= 11 is 0. The maximum atomic E-state index is 12.5. The van der Waals surface area contributed by atoms with Gasteiger partial charge in [0, 0.05) is 36.6 Å². The third-order valence-corrected chi connectivity index (χ3v) is 4.68. The van der Waals surface area contributed by atoms with Gasteiger partial charge in [0.15, 0.2) is 0 Å². The van der Waals surface area contributed by atoms with Crippen LogP contribution in [0.5, 0.6) is 0 Å². The summed E-state index contributed by atoms with van der Waals surface area (Å²) in [5.74, 6) is 0.234. The Hall–Kier alpha value is -0.840. The average Bonchev–Trinajstić information content (AvgIpc) is 2.27. The number of halogens is 1. The molecule has 1 saturated carbocycles. The van der Waals surface area contributed by atoms with Gasteiger partial charge in [0.2, 0.25) is 0 Å². The zero-order chi connectivity index (χ0) is 14.9. The Morgan fingerprint density at radius 1 is 1.25 bits per heavy atom. The Kier molecular flexibility index (Phi) is 4.57. The van der Waals surface area contributed by atoms with Crippen molar-refractivity contribution in [3.63, 3.8) is 0 Å². The first-order chi connectivity index (χ1) is 9.32. The van der Waals surface area contributed by atoms with E-state index in [1.807, 2.05) is 20.8 Å². The third kappa shape index (κ3) is 3.25. The lowest BCUT2D eigenvalue weighted by Crippen LogP contribution is -2.57. The van der Waals surface area contributed by atoms with Gasteiger partial charge in [-0.05, 0) is 46.5 Å². The molecule has 0 bridgehead atoms. The van der Waals surface area contributed by atoms with E-state index in [9.17, 15) is 14.3 Å². The summed E-state index contributed by atoms with van der Waals surface area (Å²) in [5.41, 5.74) is -0.348. The van der Waals surface area contributed by atoms with Crippen LogP contribution in [0.15, 0.2) is 0 Å². The molecule has 0 radical (unpaired) electrons. The van der Waals surface area contributed by atoms with Crippen LogP contribution >= 0.6 is 0 Å². The molecule has 0 aromatic carbocycles. The van der Waals surface area contributed by atoms with E-state index in [4.69, 9.17) is 0 Å². The molecule has 2 aliphatic rings. The van der Waals surface area contributed by atoms with Gasteiger partial charge >= 0.3 is 6.09 Å². The summed E-state index contributed by atoms with van der Waals surface area (Å²) < 4.78 is 12.5. The average molecular weight is 286 g/mol. The fourth-order valence-corrected chi connectivity index (χ4v) is 3.68. The van der Waals surface area contributed by atoms with E-state index in [1.165, 1.54) is 0 Å². The van der Waals surface area contributed by atoms with Crippen LogP contribution in [0.2, 0.25) is 0 Å². The Morgan fingerprint density at radius 3 is 2.20 bits per heavy atom. The van der Waals surface area contributed by atoms with E-state index in [-0.39, 0.29) is 24.2 Å². The zero-order valence-electron chi connectivity index (χ0n) is 12.8. The van der Waals surface area contributed by atoms with Crippen LogP contribution in [0.1, 0.15) is 46.5 Å². The second kappa shape index (κ2) is 5.88. The molecule has 1 aliphatic heterocycles. The predicted octanol–water partition coefficient (Wildman–Crippen LogP) is 2.98. The lowest BCUT2D eigenvalue weighted by Gasteiger charge is -2.48. The summed E-state index contributed by atoms with van der Waals surface area (Å²) in [6.45, 7) is 7.42. The van der Waals surface area contributed by atoms with Crippen LogP contribution in [0, 0.1) is 5.92 Å². The first-order valence-corrected chi connectivity index (χ1v) is 7.65. The highest BCUT2D eigenvalue weighted by atomic mass is 19.1. The lowest BCUT2D eigenvalue weighted by molar-refractivity contribution is -0.000281. The minimum atomic E-state index is -0.817. The second-order valence-electron chi connectivity index (χ2n) is 7.26. The molecule has 4 nitrogen and oxygen atoms in total. The normalized spacial score (nSPS) is 29.0. The van der Waals surface area contributed by atoms with Crippen molar-refractivity contribution in [3.05, 3.63) is 0 Å². The fourth-order valence-electron chi connectivity index (χ4n) is 3.68. The van der Waals surface area contributed by atoms with Crippen LogP contribution in [-0.4, -0.2) is 58.4 Å². The van der Waals surface area contributed by atoms with Crippen molar-refractivity contribution in [2.45, 2.75) is 64.1 Å². The topological polar surface area (TPSA) is 43.8 Å². The molecule has 1 saturated heterocycles. The highest BCUT2D eigenvalue weighted by Crippen LogP contribution is 2.33. The molecular formula is C15H27FN2O2. The minimum absolute atomic E-state index is 0.127. The molecule has 0 aromatic rings. The third-order valence-electron chi connectivity index (χ3n) is 4.68. The van der Waals surface area contributed by atoms with E-state index in [0.29, 0.717) is 6.04 Å². The zero-order valence-corrected chi connectivity index (χ0v) is 12.8. The Bertz CT molecular complexity index is 342. The van der Waals surface area contributed by atoms with Crippen LogP contribution in [0.3, 0.4) is 0 Å². The summed E-state index contributed by atoms with van der Waals surface area (Å²) in [6, 6.07) is 0.659.